The zero-order valence-corrected chi connectivity index (χ0v) is 13.9. The second-order valence-corrected chi connectivity index (χ2v) is 5.06. The van der Waals surface area contributed by atoms with Gasteiger partial charge >= 0.3 is 6.61 Å². The number of hydrogen-bond acceptors (Lipinski definition) is 4. The van der Waals surface area contributed by atoms with Crippen LogP contribution in [0.1, 0.15) is 28.7 Å². The van der Waals surface area contributed by atoms with E-state index in [2.05, 4.69) is 15.2 Å². The van der Waals surface area contributed by atoms with Crippen LogP contribution in [0.25, 0.3) is 0 Å². The van der Waals surface area contributed by atoms with Gasteiger partial charge in [-0.1, -0.05) is 0 Å². The Morgan fingerprint density at radius 3 is 2.58 bits per heavy atom. The van der Waals surface area contributed by atoms with E-state index in [0.29, 0.717) is 23.5 Å². The SMILES string of the molecule is CCn1nc(C)c(C(=O)Nc2ccc(OC(F)F)c(OC)c2)c1C. The Kier molecular flexibility index (Phi) is 5.38. The van der Waals surface area contributed by atoms with Crippen LogP contribution in [-0.4, -0.2) is 29.4 Å². The maximum Gasteiger partial charge on any atom is 0.387 e. The molecule has 0 aliphatic carbocycles. The summed E-state index contributed by atoms with van der Waals surface area (Å²) in [6.45, 7) is 3.22. The molecule has 0 bridgehead atoms. The van der Waals surface area contributed by atoms with Crippen LogP contribution in [0.15, 0.2) is 18.2 Å². The van der Waals surface area contributed by atoms with Gasteiger partial charge in [-0.2, -0.15) is 13.9 Å². The third-order valence-corrected chi connectivity index (χ3v) is 3.55. The first-order chi connectivity index (χ1) is 11.4. The van der Waals surface area contributed by atoms with Gasteiger partial charge in [-0.05, 0) is 32.9 Å². The van der Waals surface area contributed by atoms with Gasteiger partial charge in [-0.25, -0.2) is 0 Å². The number of nitrogens with one attached hydrogen (secondary N) is 1. The molecule has 6 nitrogen and oxygen atoms in total. The normalized spacial score (nSPS) is 10.8. The zero-order valence-electron chi connectivity index (χ0n) is 13.9. The number of halogens is 2. The van der Waals surface area contributed by atoms with Crippen LogP contribution in [-0.2, 0) is 6.54 Å². The number of carbonyl (C=O) groups excluding carboxylic acids is 1. The third-order valence-electron chi connectivity index (χ3n) is 3.55. The van der Waals surface area contributed by atoms with Gasteiger partial charge in [0.1, 0.15) is 0 Å². The lowest BCUT2D eigenvalue weighted by atomic mass is 10.1. The molecule has 1 amide bonds. The molecule has 1 aromatic heterocycles. The van der Waals surface area contributed by atoms with Gasteiger partial charge in [0.2, 0.25) is 0 Å². The fraction of sp³-hybridized carbons (Fsp3) is 0.375. The summed E-state index contributed by atoms with van der Waals surface area (Å²) in [5.41, 5.74) is 2.28. The molecule has 130 valence electrons. The molecule has 1 heterocycles. The van der Waals surface area contributed by atoms with E-state index < -0.39 is 6.61 Å². The molecule has 1 N–H and O–H groups in total. The molecule has 8 heteroatoms. The van der Waals surface area contributed by atoms with Crippen molar-refractivity contribution in [3.8, 4) is 11.5 Å². The topological polar surface area (TPSA) is 65.4 Å². The first-order valence-corrected chi connectivity index (χ1v) is 7.35. The average molecular weight is 339 g/mol. The number of amides is 1. The molecule has 0 aliphatic rings. The number of carbonyl (C=O) groups is 1. The highest BCUT2D eigenvalue weighted by molar-refractivity contribution is 6.06. The number of alkyl halides is 2. The van der Waals surface area contributed by atoms with Crippen molar-refractivity contribution in [2.24, 2.45) is 0 Å². The Labute approximate surface area is 138 Å². The summed E-state index contributed by atoms with van der Waals surface area (Å²) in [6.07, 6.45) is 0. The summed E-state index contributed by atoms with van der Waals surface area (Å²) in [7, 11) is 1.33. The van der Waals surface area contributed by atoms with Gasteiger partial charge in [0.25, 0.3) is 5.91 Å². The molecule has 0 atom stereocenters. The predicted molar refractivity (Wildman–Crippen MR) is 85.0 cm³/mol. The summed E-state index contributed by atoms with van der Waals surface area (Å²) in [4.78, 5) is 12.5. The van der Waals surface area contributed by atoms with Crippen molar-refractivity contribution < 1.29 is 23.0 Å². The summed E-state index contributed by atoms with van der Waals surface area (Å²) in [6, 6.07) is 4.20. The number of hydrogen-bond donors (Lipinski definition) is 1. The number of methoxy groups -OCH3 is 1. The van der Waals surface area contributed by atoms with Gasteiger partial charge in [-0.3, -0.25) is 9.48 Å². The molecule has 0 saturated heterocycles. The maximum absolute atomic E-state index is 12.5. The monoisotopic (exact) mass is 339 g/mol. The minimum atomic E-state index is -2.95. The summed E-state index contributed by atoms with van der Waals surface area (Å²) in [5, 5.41) is 7.02. The number of nitrogens with zero attached hydrogens (tertiary/aromatic N) is 2. The lowest BCUT2D eigenvalue weighted by molar-refractivity contribution is -0.0512. The summed E-state index contributed by atoms with van der Waals surface area (Å²) in [5.74, 6) is -0.322. The molecule has 2 aromatic rings. The van der Waals surface area contributed by atoms with E-state index in [9.17, 15) is 13.6 Å². The van der Waals surface area contributed by atoms with Gasteiger partial charge in [0.15, 0.2) is 11.5 Å². The van der Waals surface area contributed by atoms with Crippen molar-refractivity contribution in [3.05, 3.63) is 35.2 Å². The van der Waals surface area contributed by atoms with Gasteiger partial charge in [0, 0.05) is 24.0 Å². The van der Waals surface area contributed by atoms with Gasteiger partial charge < -0.3 is 14.8 Å². The van der Waals surface area contributed by atoms with Crippen molar-refractivity contribution in [1.82, 2.24) is 9.78 Å². The molecule has 2 rings (SSSR count). The van der Waals surface area contributed by atoms with Gasteiger partial charge in [0.05, 0.1) is 18.4 Å². The minimum Gasteiger partial charge on any atom is -0.493 e. The van der Waals surface area contributed by atoms with Crippen LogP contribution in [0.5, 0.6) is 11.5 Å². The van der Waals surface area contributed by atoms with Crippen LogP contribution in [0.3, 0.4) is 0 Å². The summed E-state index contributed by atoms with van der Waals surface area (Å²) < 4.78 is 35.8. The Bertz CT molecular complexity index is 744. The second kappa shape index (κ2) is 7.29. The second-order valence-electron chi connectivity index (χ2n) is 5.06. The van der Waals surface area contributed by atoms with Crippen molar-refractivity contribution >= 4 is 11.6 Å². The van der Waals surface area contributed by atoms with E-state index >= 15 is 0 Å². The molecule has 24 heavy (non-hydrogen) atoms. The van der Waals surface area contributed by atoms with E-state index in [4.69, 9.17) is 4.74 Å². The summed E-state index contributed by atoms with van der Waals surface area (Å²) >= 11 is 0. The number of aryl methyl sites for hydroxylation is 2. The fourth-order valence-electron chi connectivity index (χ4n) is 2.47. The van der Waals surface area contributed by atoms with Crippen LogP contribution in [0.4, 0.5) is 14.5 Å². The average Bonchev–Trinajstić information content (AvgIpc) is 2.82. The Morgan fingerprint density at radius 1 is 1.33 bits per heavy atom. The third kappa shape index (κ3) is 3.64. The van der Waals surface area contributed by atoms with Crippen LogP contribution in [0.2, 0.25) is 0 Å². The number of aromatic nitrogens is 2. The van der Waals surface area contributed by atoms with E-state index in [1.54, 1.807) is 11.6 Å². The van der Waals surface area contributed by atoms with E-state index in [0.717, 1.165) is 5.69 Å². The molecule has 1 aromatic carbocycles. The Hall–Kier alpha value is -2.64. The maximum atomic E-state index is 12.5. The van der Waals surface area contributed by atoms with E-state index in [-0.39, 0.29) is 17.4 Å². The predicted octanol–water partition coefficient (Wildman–Crippen LogP) is 3.38. The molecular weight excluding hydrogens is 320 g/mol. The van der Waals surface area contributed by atoms with Crippen molar-refractivity contribution in [1.29, 1.82) is 0 Å². The standard InChI is InChI=1S/C16H19F2N3O3/c1-5-21-10(3)14(9(2)20-21)15(22)19-11-6-7-12(24-16(17)18)13(8-11)23-4/h6-8,16H,5H2,1-4H3,(H,19,22). The molecule has 0 radical (unpaired) electrons. The zero-order chi connectivity index (χ0) is 17.9. The van der Waals surface area contributed by atoms with Crippen LogP contribution in [0, 0.1) is 13.8 Å². The lowest BCUT2D eigenvalue weighted by Gasteiger charge is -2.12. The van der Waals surface area contributed by atoms with Crippen molar-refractivity contribution in [3.63, 3.8) is 0 Å². The van der Waals surface area contributed by atoms with E-state index in [1.807, 2.05) is 13.8 Å². The molecule has 0 spiro atoms. The number of benzene rings is 1. The van der Waals surface area contributed by atoms with Crippen molar-refractivity contribution in [2.75, 3.05) is 12.4 Å². The number of ether oxygens (including phenoxy) is 2. The minimum absolute atomic E-state index is 0.100. The molecule has 0 saturated carbocycles. The molecule has 0 unspecified atom stereocenters. The fourth-order valence-corrected chi connectivity index (χ4v) is 2.47. The molecule has 0 fully saturated rings. The van der Waals surface area contributed by atoms with Crippen molar-refractivity contribution in [2.45, 2.75) is 33.9 Å². The first kappa shape index (κ1) is 17.7. The van der Waals surface area contributed by atoms with Crippen LogP contribution < -0.4 is 14.8 Å². The largest absolute Gasteiger partial charge is 0.493 e. The molecular formula is C16H19F2N3O3. The number of rotatable bonds is 6. The first-order valence-electron chi connectivity index (χ1n) is 7.35. The quantitative estimate of drug-likeness (QED) is 0.876. The molecule has 0 aliphatic heterocycles. The number of anilines is 1. The Morgan fingerprint density at radius 2 is 2.04 bits per heavy atom. The van der Waals surface area contributed by atoms with Crippen LogP contribution >= 0.6 is 0 Å². The highest BCUT2D eigenvalue weighted by atomic mass is 19.3. The van der Waals surface area contributed by atoms with Gasteiger partial charge in [-0.15, -0.1) is 0 Å². The Balaban J connectivity index is 2.25. The van der Waals surface area contributed by atoms with E-state index in [1.165, 1.54) is 25.3 Å². The lowest BCUT2D eigenvalue weighted by Crippen LogP contribution is -2.14. The highest BCUT2D eigenvalue weighted by Crippen LogP contribution is 2.31. The smallest absolute Gasteiger partial charge is 0.387 e. The highest BCUT2D eigenvalue weighted by Gasteiger charge is 2.19.